The largest absolute Gasteiger partial charge is 0.203 e. The van der Waals surface area contributed by atoms with Gasteiger partial charge in [0.15, 0.2) is 23.3 Å². The zero-order valence-electron chi connectivity index (χ0n) is 13.7. The first-order chi connectivity index (χ1) is 12.4. The van der Waals surface area contributed by atoms with Crippen LogP contribution in [0.15, 0.2) is 49.1 Å². The lowest BCUT2D eigenvalue weighted by molar-refractivity contribution is 0.381. The van der Waals surface area contributed by atoms with Gasteiger partial charge in [-0.2, -0.15) is 0 Å². The van der Waals surface area contributed by atoms with E-state index in [1.165, 1.54) is 18.2 Å². The van der Waals surface area contributed by atoms with Crippen LogP contribution in [0.4, 0.5) is 22.0 Å². The SMILES string of the molecule is C=C/C=C\c1c(C)cc2ccccc2c1-c1c(F)c(F)c(F)c(F)c1F. The van der Waals surface area contributed by atoms with Crippen molar-refractivity contribution < 1.29 is 22.0 Å². The Bertz CT molecular complexity index is 1030. The number of benzene rings is 3. The van der Waals surface area contributed by atoms with E-state index in [0.29, 0.717) is 21.9 Å². The lowest BCUT2D eigenvalue weighted by Crippen LogP contribution is -2.05. The molecule has 0 aliphatic rings. The average molecular weight is 360 g/mol. The summed E-state index contributed by atoms with van der Waals surface area (Å²) >= 11 is 0. The zero-order chi connectivity index (χ0) is 19.0. The van der Waals surface area contributed by atoms with E-state index in [9.17, 15) is 22.0 Å². The van der Waals surface area contributed by atoms with Gasteiger partial charge in [0, 0.05) is 5.56 Å². The quantitative estimate of drug-likeness (QED) is 0.211. The molecule has 0 nitrogen and oxygen atoms in total. The molecule has 0 heterocycles. The van der Waals surface area contributed by atoms with Gasteiger partial charge in [-0.15, -0.1) is 0 Å². The molecule has 5 heteroatoms. The Kier molecular flexibility index (Phi) is 4.64. The lowest BCUT2D eigenvalue weighted by atomic mass is 9.89. The molecule has 0 radical (unpaired) electrons. The molecule has 0 aliphatic heterocycles. The fourth-order valence-electron chi connectivity index (χ4n) is 2.98. The van der Waals surface area contributed by atoms with Crippen LogP contribution in [0.2, 0.25) is 0 Å². The van der Waals surface area contributed by atoms with Gasteiger partial charge in [0.2, 0.25) is 5.82 Å². The number of rotatable bonds is 3. The highest BCUT2D eigenvalue weighted by molar-refractivity contribution is 6.02. The standard InChI is InChI=1S/C21H13F5/c1-3-4-8-13-11(2)10-12-7-5-6-9-14(12)15(13)16-17(22)19(24)21(26)20(25)18(16)23/h3-10H,1H2,2H3/b8-4-. The molecule has 0 bridgehead atoms. The fraction of sp³-hybridized carbons (Fsp3) is 0.0476. The minimum atomic E-state index is -2.18. The van der Waals surface area contributed by atoms with E-state index in [4.69, 9.17) is 0 Å². The van der Waals surface area contributed by atoms with Gasteiger partial charge in [-0.3, -0.25) is 0 Å². The molecule has 26 heavy (non-hydrogen) atoms. The summed E-state index contributed by atoms with van der Waals surface area (Å²) < 4.78 is 70.0. The Labute approximate surface area is 146 Å². The molecule has 132 valence electrons. The summed E-state index contributed by atoms with van der Waals surface area (Å²) in [5.74, 6) is -9.83. The Morgan fingerprint density at radius 3 is 2.00 bits per heavy atom. The van der Waals surface area contributed by atoms with E-state index in [1.807, 2.05) is 0 Å². The Morgan fingerprint density at radius 1 is 0.808 bits per heavy atom. The van der Waals surface area contributed by atoms with Crippen LogP contribution in [0, 0.1) is 36.0 Å². The van der Waals surface area contributed by atoms with E-state index >= 15 is 0 Å². The maximum Gasteiger partial charge on any atom is 0.200 e. The minimum Gasteiger partial charge on any atom is -0.203 e. The van der Waals surface area contributed by atoms with Crippen LogP contribution < -0.4 is 0 Å². The van der Waals surface area contributed by atoms with Crippen molar-refractivity contribution in [2.75, 3.05) is 0 Å². The van der Waals surface area contributed by atoms with Gasteiger partial charge in [-0.05, 0) is 28.8 Å². The first kappa shape index (κ1) is 17.9. The molecule has 0 atom stereocenters. The monoisotopic (exact) mass is 360 g/mol. The summed E-state index contributed by atoms with van der Waals surface area (Å²) in [5.41, 5.74) is -0.0101. The van der Waals surface area contributed by atoms with E-state index in [1.54, 1.807) is 37.3 Å². The third kappa shape index (κ3) is 2.69. The van der Waals surface area contributed by atoms with E-state index in [2.05, 4.69) is 6.58 Å². The first-order valence-electron chi connectivity index (χ1n) is 7.71. The summed E-state index contributed by atoms with van der Waals surface area (Å²) in [6.07, 6.45) is 4.52. The van der Waals surface area contributed by atoms with Crippen LogP contribution in [-0.2, 0) is 0 Å². The molecule has 0 N–H and O–H groups in total. The predicted molar refractivity (Wildman–Crippen MR) is 93.1 cm³/mol. The second kappa shape index (κ2) is 6.75. The number of hydrogen-bond acceptors (Lipinski definition) is 0. The molecule has 3 aromatic carbocycles. The second-order valence-electron chi connectivity index (χ2n) is 5.74. The Balaban J connectivity index is 2.57. The number of aryl methyl sites for hydroxylation is 1. The van der Waals surface area contributed by atoms with Crippen molar-refractivity contribution in [2.45, 2.75) is 6.92 Å². The summed E-state index contributed by atoms with van der Waals surface area (Å²) in [5, 5.41) is 1.00. The van der Waals surface area contributed by atoms with Crippen LogP contribution in [0.25, 0.3) is 28.0 Å². The van der Waals surface area contributed by atoms with Gasteiger partial charge < -0.3 is 0 Å². The highest BCUT2D eigenvalue weighted by atomic mass is 19.2. The maximum atomic E-state index is 14.5. The highest BCUT2D eigenvalue weighted by Gasteiger charge is 2.29. The van der Waals surface area contributed by atoms with Crippen molar-refractivity contribution in [3.63, 3.8) is 0 Å². The van der Waals surface area contributed by atoms with Crippen LogP contribution in [0.1, 0.15) is 11.1 Å². The zero-order valence-corrected chi connectivity index (χ0v) is 13.7. The van der Waals surface area contributed by atoms with Crippen LogP contribution in [0.3, 0.4) is 0 Å². The van der Waals surface area contributed by atoms with Crippen molar-refractivity contribution in [3.8, 4) is 11.1 Å². The number of halogens is 5. The molecule has 0 amide bonds. The van der Waals surface area contributed by atoms with Crippen LogP contribution in [0.5, 0.6) is 0 Å². The van der Waals surface area contributed by atoms with Crippen molar-refractivity contribution in [2.24, 2.45) is 0 Å². The third-order valence-electron chi connectivity index (χ3n) is 4.16. The number of hydrogen-bond donors (Lipinski definition) is 0. The molecule has 0 unspecified atom stereocenters. The summed E-state index contributed by atoms with van der Waals surface area (Å²) in [7, 11) is 0. The van der Waals surface area contributed by atoms with Gasteiger partial charge in [0.1, 0.15) is 0 Å². The molecule has 0 saturated heterocycles. The molecule has 0 fully saturated rings. The molecule has 3 aromatic rings. The lowest BCUT2D eigenvalue weighted by Gasteiger charge is -2.16. The van der Waals surface area contributed by atoms with E-state index in [0.717, 1.165) is 0 Å². The van der Waals surface area contributed by atoms with E-state index in [-0.39, 0.29) is 5.56 Å². The number of fused-ring (bicyclic) bond motifs is 1. The molecule has 3 rings (SSSR count). The third-order valence-corrected chi connectivity index (χ3v) is 4.16. The van der Waals surface area contributed by atoms with Crippen molar-refractivity contribution in [1.82, 2.24) is 0 Å². The first-order valence-corrected chi connectivity index (χ1v) is 7.71. The van der Waals surface area contributed by atoms with Crippen molar-refractivity contribution in [1.29, 1.82) is 0 Å². The Morgan fingerprint density at radius 2 is 1.38 bits per heavy atom. The molecule has 0 saturated carbocycles. The minimum absolute atomic E-state index is 0.0495. The van der Waals surface area contributed by atoms with Gasteiger partial charge >= 0.3 is 0 Å². The normalized spacial score (nSPS) is 11.5. The molecular formula is C21H13F5. The summed E-state index contributed by atoms with van der Waals surface area (Å²) in [4.78, 5) is 0. The molecular weight excluding hydrogens is 347 g/mol. The Hall–Kier alpha value is -2.95. The molecule has 0 aromatic heterocycles. The summed E-state index contributed by atoms with van der Waals surface area (Å²) in [6.45, 7) is 5.24. The fourth-order valence-corrected chi connectivity index (χ4v) is 2.98. The van der Waals surface area contributed by atoms with Gasteiger partial charge in [-0.25, -0.2) is 22.0 Å². The van der Waals surface area contributed by atoms with Crippen molar-refractivity contribution in [3.05, 3.63) is 89.3 Å². The average Bonchev–Trinajstić information content (AvgIpc) is 2.64. The topological polar surface area (TPSA) is 0 Å². The predicted octanol–water partition coefficient (Wildman–Crippen LogP) is 6.71. The maximum absolute atomic E-state index is 14.5. The highest BCUT2D eigenvalue weighted by Crippen LogP contribution is 2.40. The molecule has 0 spiro atoms. The second-order valence-corrected chi connectivity index (χ2v) is 5.74. The van der Waals surface area contributed by atoms with Crippen molar-refractivity contribution >= 4 is 16.8 Å². The summed E-state index contributed by atoms with van der Waals surface area (Å²) in [6, 6.07) is 8.43. The van der Waals surface area contributed by atoms with Gasteiger partial charge in [0.25, 0.3) is 0 Å². The van der Waals surface area contributed by atoms with Crippen LogP contribution in [-0.4, -0.2) is 0 Å². The van der Waals surface area contributed by atoms with Gasteiger partial charge in [-0.1, -0.05) is 55.1 Å². The van der Waals surface area contributed by atoms with Crippen LogP contribution >= 0.6 is 0 Å². The smallest absolute Gasteiger partial charge is 0.200 e. The van der Waals surface area contributed by atoms with Gasteiger partial charge in [0.05, 0.1) is 5.56 Å². The number of allylic oxidation sites excluding steroid dienone is 2. The van der Waals surface area contributed by atoms with E-state index < -0.39 is 34.6 Å². The molecule has 0 aliphatic carbocycles.